The van der Waals surface area contributed by atoms with Crippen LogP contribution in [0.2, 0.25) is 0 Å². The number of nitrogens with zero attached hydrogens (tertiary/aromatic N) is 1. The number of para-hydroxylation sites is 2. The summed E-state index contributed by atoms with van der Waals surface area (Å²) in [6.45, 7) is 0. The number of furan rings is 1. The van der Waals surface area contributed by atoms with Crippen LogP contribution in [-0.2, 0) is 0 Å². The van der Waals surface area contributed by atoms with E-state index in [-0.39, 0.29) is 6.04 Å². The van der Waals surface area contributed by atoms with Gasteiger partial charge in [0.25, 0.3) is 0 Å². The summed E-state index contributed by atoms with van der Waals surface area (Å²) in [5.74, 6) is 0.303. The Morgan fingerprint density at radius 1 is 0.852 bits per heavy atom. The number of halogens is 1. The van der Waals surface area contributed by atoms with Gasteiger partial charge in [0.15, 0.2) is 5.58 Å². The predicted molar refractivity (Wildman–Crippen MR) is 115 cm³/mol. The van der Waals surface area contributed by atoms with Gasteiger partial charge in [-0.05, 0) is 23.8 Å². The van der Waals surface area contributed by atoms with Gasteiger partial charge < -0.3 is 9.32 Å². The molecule has 0 fully saturated rings. The Morgan fingerprint density at radius 2 is 1.67 bits per heavy atom. The van der Waals surface area contributed by atoms with Crippen molar-refractivity contribution in [2.24, 2.45) is 0 Å². The number of hydrogen-bond acceptors (Lipinski definition) is 2. The topological polar surface area (TPSA) is 16.4 Å². The lowest BCUT2D eigenvalue weighted by atomic mass is 9.91. The minimum Gasteiger partial charge on any atom is -0.454 e. The second-order valence-corrected chi connectivity index (χ2v) is 8.03. The third-order valence-corrected chi connectivity index (χ3v) is 6.17. The van der Waals surface area contributed by atoms with Crippen molar-refractivity contribution in [1.82, 2.24) is 0 Å². The molecule has 0 spiro atoms. The summed E-state index contributed by atoms with van der Waals surface area (Å²) < 4.78 is 7.52. The molecule has 2 unspecified atom stereocenters. The molecule has 130 valence electrons. The Kier molecular flexibility index (Phi) is 3.18. The molecule has 3 heteroatoms. The molecule has 2 aliphatic rings. The van der Waals surface area contributed by atoms with E-state index in [0.29, 0.717) is 5.92 Å². The average molecular weight is 414 g/mol. The Morgan fingerprint density at radius 3 is 2.56 bits per heavy atom. The zero-order valence-corrected chi connectivity index (χ0v) is 16.1. The molecule has 1 aromatic heterocycles. The molecule has 2 heterocycles. The summed E-state index contributed by atoms with van der Waals surface area (Å²) in [6.07, 6.45) is 6.75. The fraction of sp³-hybridized carbons (Fsp3) is 0.0833. The maximum Gasteiger partial charge on any atom is 0.159 e. The molecule has 0 bridgehead atoms. The number of benzene rings is 3. The van der Waals surface area contributed by atoms with Gasteiger partial charge in [-0.25, -0.2) is 0 Å². The van der Waals surface area contributed by atoms with Crippen LogP contribution >= 0.6 is 15.9 Å². The van der Waals surface area contributed by atoms with Crippen molar-refractivity contribution in [3.8, 4) is 0 Å². The van der Waals surface area contributed by atoms with E-state index < -0.39 is 0 Å². The van der Waals surface area contributed by atoms with Gasteiger partial charge >= 0.3 is 0 Å². The number of fused-ring (bicyclic) bond motifs is 7. The highest BCUT2D eigenvalue weighted by atomic mass is 79.9. The highest BCUT2D eigenvalue weighted by Gasteiger charge is 2.40. The van der Waals surface area contributed by atoms with Crippen LogP contribution in [0.4, 0.5) is 11.4 Å². The Bertz CT molecular complexity index is 1250. The SMILES string of the molecule is BrC1=CC2c3ccc4c(oc5ccccc54)c3N(c3ccccc3)C2C=C1. The van der Waals surface area contributed by atoms with Gasteiger partial charge in [0.1, 0.15) is 5.58 Å². The van der Waals surface area contributed by atoms with Crippen molar-refractivity contribution in [1.29, 1.82) is 0 Å². The van der Waals surface area contributed by atoms with Crippen LogP contribution in [0, 0.1) is 0 Å². The zero-order chi connectivity index (χ0) is 18.0. The summed E-state index contributed by atoms with van der Waals surface area (Å²) in [7, 11) is 0. The first-order chi connectivity index (χ1) is 13.3. The molecular weight excluding hydrogens is 398 g/mol. The predicted octanol–water partition coefficient (Wildman–Crippen LogP) is 7.04. The second kappa shape index (κ2) is 5.61. The van der Waals surface area contributed by atoms with Gasteiger partial charge in [0, 0.05) is 26.9 Å². The standard InChI is InChI=1S/C24H16BrNO/c25-15-10-13-21-20(14-15)18-11-12-19-17-8-4-5-9-22(17)27-24(19)23(18)26(21)16-6-2-1-3-7-16/h1-14,20-21H. The number of rotatable bonds is 1. The van der Waals surface area contributed by atoms with Crippen LogP contribution in [0.3, 0.4) is 0 Å². The van der Waals surface area contributed by atoms with Crippen molar-refractivity contribution < 1.29 is 4.42 Å². The molecule has 2 atom stereocenters. The Hall–Kier alpha value is -2.78. The summed E-state index contributed by atoms with van der Waals surface area (Å²) in [5, 5.41) is 2.35. The normalized spacial score (nSPS) is 20.8. The van der Waals surface area contributed by atoms with Crippen LogP contribution in [-0.4, -0.2) is 6.04 Å². The summed E-state index contributed by atoms with van der Waals surface area (Å²) in [4.78, 5) is 2.43. The van der Waals surface area contributed by atoms with Crippen LogP contribution in [0.15, 0.2) is 93.9 Å². The van der Waals surface area contributed by atoms with E-state index >= 15 is 0 Å². The van der Waals surface area contributed by atoms with Gasteiger partial charge in [0.05, 0.1) is 11.7 Å². The van der Waals surface area contributed by atoms with E-state index in [0.717, 1.165) is 15.6 Å². The number of anilines is 2. The van der Waals surface area contributed by atoms with Crippen LogP contribution in [0.1, 0.15) is 11.5 Å². The largest absolute Gasteiger partial charge is 0.454 e. The molecule has 1 aliphatic carbocycles. The minimum absolute atomic E-state index is 0.252. The van der Waals surface area contributed by atoms with E-state index in [2.05, 4.69) is 93.7 Å². The molecule has 4 aromatic rings. The first kappa shape index (κ1) is 15.3. The highest BCUT2D eigenvalue weighted by Crippen LogP contribution is 2.52. The maximum atomic E-state index is 6.38. The molecular formula is C24H16BrNO. The van der Waals surface area contributed by atoms with E-state index in [1.165, 1.54) is 27.7 Å². The Labute approximate surface area is 165 Å². The van der Waals surface area contributed by atoms with Gasteiger partial charge in [-0.15, -0.1) is 0 Å². The first-order valence-corrected chi connectivity index (χ1v) is 9.94. The molecule has 0 N–H and O–H groups in total. The summed E-state index contributed by atoms with van der Waals surface area (Å²) >= 11 is 3.66. The molecule has 0 saturated carbocycles. The lowest BCUT2D eigenvalue weighted by Gasteiger charge is -2.29. The van der Waals surface area contributed by atoms with Crippen LogP contribution < -0.4 is 4.90 Å². The third-order valence-electron chi connectivity index (χ3n) is 5.64. The monoisotopic (exact) mass is 413 g/mol. The van der Waals surface area contributed by atoms with E-state index in [1.54, 1.807) is 0 Å². The Balaban J connectivity index is 1.71. The van der Waals surface area contributed by atoms with Crippen molar-refractivity contribution in [3.05, 3.63) is 95.0 Å². The number of allylic oxidation sites excluding steroid dienone is 2. The third kappa shape index (κ3) is 2.12. The lowest BCUT2D eigenvalue weighted by Crippen LogP contribution is -2.28. The molecule has 1 aliphatic heterocycles. The minimum atomic E-state index is 0.252. The molecule has 0 amide bonds. The molecule has 2 nitrogen and oxygen atoms in total. The van der Waals surface area contributed by atoms with Crippen molar-refractivity contribution >= 4 is 49.2 Å². The highest BCUT2D eigenvalue weighted by molar-refractivity contribution is 9.11. The van der Waals surface area contributed by atoms with Gasteiger partial charge in [-0.1, -0.05) is 82.7 Å². The zero-order valence-electron chi connectivity index (χ0n) is 14.5. The molecule has 3 aromatic carbocycles. The van der Waals surface area contributed by atoms with Gasteiger partial charge in [-0.2, -0.15) is 0 Å². The smallest absolute Gasteiger partial charge is 0.159 e. The quantitative estimate of drug-likeness (QED) is 0.332. The summed E-state index contributed by atoms with van der Waals surface area (Å²) in [6, 6.07) is 23.6. The molecule has 6 rings (SSSR count). The van der Waals surface area contributed by atoms with Crippen LogP contribution in [0.25, 0.3) is 21.9 Å². The van der Waals surface area contributed by atoms with E-state index in [1.807, 2.05) is 12.1 Å². The maximum absolute atomic E-state index is 6.38. The summed E-state index contributed by atoms with van der Waals surface area (Å²) in [5.41, 5.74) is 5.61. The second-order valence-electron chi connectivity index (χ2n) is 7.11. The van der Waals surface area contributed by atoms with Crippen LogP contribution in [0.5, 0.6) is 0 Å². The average Bonchev–Trinajstić information content (AvgIpc) is 3.24. The first-order valence-electron chi connectivity index (χ1n) is 9.15. The fourth-order valence-corrected chi connectivity index (χ4v) is 4.94. The molecule has 0 saturated heterocycles. The van der Waals surface area contributed by atoms with E-state index in [4.69, 9.17) is 4.42 Å². The lowest BCUT2D eigenvalue weighted by molar-refractivity contribution is 0.667. The molecule has 0 radical (unpaired) electrons. The van der Waals surface area contributed by atoms with Gasteiger partial charge in [-0.3, -0.25) is 0 Å². The van der Waals surface area contributed by atoms with E-state index in [9.17, 15) is 0 Å². The van der Waals surface area contributed by atoms with Crippen molar-refractivity contribution in [2.45, 2.75) is 12.0 Å². The van der Waals surface area contributed by atoms with Crippen molar-refractivity contribution in [2.75, 3.05) is 4.90 Å². The molecule has 27 heavy (non-hydrogen) atoms. The van der Waals surface area contributed by atoms with Gasteiger partial charge in [0.2, 0.25) is 0 Å². The fourth-order valence-electron chi connectivity index (χ4n) is 4.50. The van der Waals surface area contributed by atoms with Crippen molar-refractivity contribution in [3.63, 3.8) is 0 Å². The number of hydrogen-bond donors (Lipinski definition) is 0.